The number of hydrogen-bond donors (Lipinski definition) is 1. The predicted molar refractivity (Wildman–Crippen MR) is 64.2 cm³/mol. The van der Waals surface area contributed by atoms with Crippen LogP contribution in [0.25, 0.3) is 0 Å². The molecule has 0 aliphatic carbocycles. The summed E-state index contributed by atoms with van der Waals surface area (Å²) in [7, 11) is -3.02. The van der Waals surface area contributed by atoms with Gasteiger partial charge in [-0.2, -0.15) is 0 Å². The largest absolute Gasteiger partial charge is 0.363 e. The van der Waals surface area contributed by atoms with Gasteiger partial charge in [-0.1, -0.05) is 0 Å². The first-order valence-corrected chi connectivity index (χ1v) is 7.56. The van der Waals surface area contributed by atoms with Gasteiger partial charge in [0.15, 0.2) is 9.84 Å². The molecule has 1 unspecified atom stereocenters. The zero-order chi connectivity index (χ0) is 11.6. The Labute approximate surface area is 98.3 Å². The molecule has 0 bridgehead atoms. The molecule has 0 fully saturated rings. The van der Waals surface area contributed by atoms with E-state index in [2.05, 4.69) is 15.3 Å². The highest BCUT2D eigenvalue weighted by molar-refractivity contribution is 7.98. The van der Waals surface area contributed by atoms with Gasteiger partial charge in [0.1, 0.15) is 17.2 Å². The van der Waals surface area contributed by atoms with Crippen molar-refractivity contribution < 1.29 is 8.42 Å². The van der Waals surface area contributed by atoms with Gasteiger partial charge in [0.05, 0.1) is 11.8 Å². The number of sulfone groups is 1. The smallest absolute Gasteiger partial charge is 0.173 e. The quantitative estimate of drug-likeness (QED) is 0.641. The highest BCUT2D eigenvalue weighted by atomic mass is 32.2. The fourth-order valence-corrected chi connectivity index (χ4v) is 3.00. The van der Waals surface area contributed by atoms with Gasteiger partial charge < -0.3 is 5.32 Å². The molecule has 0 saturated heterocycles. The Morgan fingerprint density at radius 2 is 2.31 bits per heavy atom. The van der Waals surface area contributed by atoms with Crippen LogP contribution < -0.4 is 5.32 Å². The van der Waals surface area contributed by atoms with E-state index in [1.54, 1.807) is 12.1 Å². The number of thioether (sulfide) groups is 1. The van der Waals surface area contributed by atoms with Crippen molar-refractivity contribution in [3.63, 3.8) is 0 Å². The molecular formula is C9H11N3O2S2. The van der Waals surface area contributed by atoms with Crippen LogP contribution >= 0.6 is 11.8 Å². The molecule has 5 nitrogen and oxygen atoms in total. The van der Waals surface area contributed by atoms with Crippen LogP contribution in [0.1, 0.15) is 0 Å². The molecule has 1 aliphatic heterocycles. The Morgan fingerprint density at radius 3 is 2.94 bits per heavy atom. The molecule has 16 heavy (non-hydrogen) atoms. The second-order valence-corrected chi connectivity index (χ2v) is 6.11. The summed E-state index contributed by atoms with van der Waals surface area (Å²) in [6.07, 6.45) is 5.02. The second kappa shape index (κ2) is 4.42. The molecule has 0 spiro atoms. The van der Waals surface area contributed by atoms with E-state index in [9.17, 15) is 8.42 Å². The third-order valence-corrected chi connectivity index (χ3v) is 4.15. The summed E-state index contributed by atoms with van der Waals surface area (Å²) in [6.45, 7) is 0. The summed E-state index contributed by atoms with van der Waals surface area (Å²) in [5, 5.41) is 5.13. The van der Waals surface area contributed by atoms with Crippen LogP contribution in [0.5, 0.6) is 0 Å². The summed E-state index contributed by atoms with van der Waals surface area (Å²) >= 11 is 1.51. The van der Waals surface area contributed by atoms with Crippen molar-refractivity contribution in [2.75, 3.05) is 17.3 Å². The Bertz CT molecular complexity index is 513. The van der Waals surface area contributed by atoms with Gasteiger partial charge in [0, 0.05) is 11.5 Å². The average Bonchev–Trinajstić information content (AvgIpc) is 2.58. The summed E-state index contributed by atoms with van der Waals surface area (Å²) < 4.78 is 22.4. The molecule has 7 heteroatoms. The van der Waals surface area contributed by atoms with Crippen molar-refractivity contribution in [3.05, 3.63) is 23.9 Å². The Kier molecular flexibility index (Phi) is 3.15. The maximum atomic E-state index is 11.2. The van der Waals surface area contributed by atoms with Gasteiger partial charge in [0.25, 0.3) is 0 Å². The van der Waals surface area contributed by atoms with E-state index in [4.69, 9.17) is 0 Å². The Morgan fingerprint density at radius 1 is 1.50 bits per heavy atom. The zero-order valence-corrected chi connectivity index (χ0v) is 10.3. The second-order valence-electron chi connectivity index (χ2n) is 3.35. The van der Waals surface area contributed by atoms with Crippen molar-refractivity contribution in [1.82, 2.24) is 9.97 Å². The van der Waals surface area contributed by atoms with E-state index in [1.165, 1.54) is 23.5 Å². The maximum absolute atomic E-state index is 11.2. The van der Waals surface area contributed by atoms with Gasteiger partial charge in [-0.3, -0.25) is 0 Å². The number of hydrogen-bond acceptors (Lipinski definition) is 6. The first-order chi connectivity index (χ1) is 7.59. The number of nitrogens with zero attached hydrogens (tertiary/aromatic N) is 2. The molecule has 0 amide bonds. The lowest BCUT2D eigenvalue weighted by atomic mass is 10.3. The molecule has 1 aromatic heterocycles. The van der Waals surface area contributed by atoms with Gasteiger partial charge in [-0.15, -0.1) is 11.8 Å². The molecule has 2 heterocycles. The molecule has 1 aliphatic rings. The molecule has 1 N–H and O–H groups in total. The summed E-state index contributed by atoms with van der Waals surface area (Å²) in [5.41, 5.74) is 0. The monoisotopic (exact) mass is 257 g/mol. The Balaban J connectivity index is 2.08. The molecule has 1 aromatic rings. The highest BCUT2D eigenvalue weighted by Crippen LogP contribution is 2.17. The normalized spacial score (nSPS) is 22.2. The molecule has 0 aromatic carbocycles. The van der Waals surface area contributed by atoms with Gasteiger partial charge in [0.2, 0.25) is 0 Å². The fourth-order valence-electron chi connectivity index (χ4n) is 1.39. The van der Waals surface area contributed by atoms with Crippen LogP contribution in [0.3, 0.4) is 0 Å². The molecule has 2 rings (SSSR count). The lowest BCUT2D eigenvalue weighted by Crippen LogP contribution is -2.21. The number of anilines is 1. The average molecular weight is 257 g/mol. The van der Waals surface area contributed by atoms with Gasteiger partial charge in [-0.05, 0) is 12.3 Å². The van der Waals surface area contributed by atoms with Crippen LogP contribution in [0.4, 0.5) is 5.82 Å². The van der Waals surface area contributed by atoms with Crippen LogP contribution in [0.15, 0.2) is 28.9 Å². The van der Waals surface area contributed by atoms with E-state index in [-0.39, 0.29) is 11.8 Å². The molecule has 0 radical (unpaired) electrons. The van der Waals surface area contributed by atoms with Crippen molar-refractivity contribution in [3.8, 4) is 0 Å². The standard InChI is InChI=1S/C9H11N3O2S2/c1-15-9-4-8(10-6-11-9)12-7-2-3-16(13,14)5-7/h2-4,6-7H,5H2,1H3,(H,10,11,12). The van der Waals surface area contributed by atoms with Crippen LogP contribution in [-0.4, -0.2) is 36.4 Å². The van der Waals surface area contributed by atoms with E-state index < -0.39 is 9.84 Å². The SMILES string of the molecule is CSc1cc(NC2C=CS(=O)(=O)C2)ncn1. The first-order valence-electron chi connectivity index (χ1n) is 4.62. The van der Waals surface area contributed by atoms with E-state index in [0.29, 0.717) is 5.82 Å². The topological polar surface area (TPSA) is 72.0 Å². The minimum Gasteiger partial charge on any atom is -0.363 e. The molecular weight excluding hydrogens is 246 g/mol. The first kappa shape index (κ1) is 11.4. The number of rotatable bonds is 3. The van der Waals surface area contributed by atoms with Crippen molar-refractivity contribution in [2.24, 2.45) is 0 Å². The van der Waals surface area contributed by atoms with Gasteiger partial charge in [-0.25, -0.2) is 18.4 Å². The van der Waals surface area contributed by atoms with Crippen LogP contribution in [-0.2, 0) is 9.84 Å². The lowest BCUT2D eigenvalue weighted by Gasteiger charge is -2.10. The van der Waals surface area contributed by atoms with Crippen molar-refractivity contribution >= 4 is 27.4 Å². The van der Waals surface area contributed by atoms with Crippen LogP contribution in [0, 0.1) is 0 Å². The third kappa shape index (κ3) is 2.73. The summed E-state index contributed by atoms with van der Waals surface area (Å²) in [4.78, 5) is 8.07. The van der Waals surface area contributed by atoms with Gasteiger partial charge >= 0.3 is 0 Å². The molecule has 86 valence electrons. The minimum atomic E-state index is -3.02. The Hall–Kier alpha value is -1.08. The lowest BCUT2D eigenvalue weighted by molar-refractivity contribution is 0.605. The highest BCUT2D eigenvalue weighted by Gasteiger charge is 2.21. The summed E-state index contributed by atoms with van der Waals surface area (Å²) in [6, 6.07) is 1.60. The summed E-state index contributed by atoms with van der Waals surface area (Å²) in [5.74, 6) is 0.733. The molecule has 0 saturated carbocycles. The number of nitrogens with one attached hydrogen (secondary N) is 1. The van der Waals surface area contributed by atoms with Crippen LogP contribution in [0.2, 0.25) is 0 Å². The zero-order valence-electron chi connectivity index (χ0n) is 8.62. The van der Waals surface area contributed by atoms with Crippen molar-refractivity contribution in [2.45, 2.75) is 11.1 Å². The molecule has 1 atom stereocenters. The van der Waals surface area contributed by atoms with Crippen molar-refractivity contribution in [1.29, 1.82) is 0 Å². The van der Waals surface area contributed by atoms with E-state index in [0.717, 1.165) is 5.03 Å². The fraction of sp³-hybridized carbons (Fsp3) is 0.333. The maximum Gasteiger partial charge on any atom is 0.173 e. The van der Waals surface area contributed by atoms with E-state index in [1.807, 2.05) is 6.26 Å². The third-order valence-electron chi connectivity index (χ3n) is 2.11. The minimum absolute atomic E-state index is 0.0889. The predicted octanol–water partition coefficient (Wildman–Crippen LogP) is 0.921. The van der Waals surface area contributed by atoms with E-state index >= 15 is 0 Å². The number of aromatic nitrogens is 2.